The summed E-state index contributed by atoms with van der Waals surface area (Å²) in [6.45, 7) is 0. The van der Waals surface area contributed by atoms with Crippen LogP contribution in [0.3, 0.4) is 0 Å². The Morgan fingerprint density at radius 2 is 1.40 bits per heavy atom. The highest BCUT2D eigenvalue weighted by Gasteiger charge is 2.51. The van der Waals surface area contributed by atoms with Crippen molar-refractivity contribution in [3.8, 4) is 0 Å². The number of rotatable bonds is 3. The van der Waals surface area contributed by atoms with Crippen molar-refractivity contribution in [3.63, 3.8) is 0 Å². The van der Waals surface area contributed by atoms with Gasteiger partial charge in [0.25, 0.3) is 0 Å². The van der Waals surface area contributed by atoms with Crippen molar-refractivity contribution >= 4 is 5.97 Å². The Kier molecular flexibility index (Phi) is 4.44. The van der Waals surface area contributed by atoms with Gasteiger partial charge in [-0.3, -0.25) is 4.79 Å². The molecule has 1 unspecified atom stereocenters. The van der Waals surface area contributed by atoms with Crippen molar-refractivity contribution in [2.45, 2.75) is 50.0 Å². The molecule has 25 heavy (non-hydrogen) atoms. The van der Waals surface area contributed by atoms with Gasteiger partial charge in [0, 0.05) is 6.42 Å². The standard InChI is InChI=1S/C23H24O2/c24-22-23(19-12-6-2-7-13-19,20-14-8-3-9-15-20)17-21(25-22)16-18-10-4-1-5-11-18/h2-3,6-9,12-16,21H,1,4-5,10-11,17H2. The van der Waals surface area contributed by atoms with Crippen molar-refractivity contribution < 1.29 is 9.53 Å². The molecule has 2 aromatic rings. The fraction of sp³-hybridized carbons (Fsp3) is 0.348. The first-order chi connectivity index (χ1) is 12.3. The topological polar surface area (TPSA) is 26.3 Å². The summed E-state index contributed by atoms with van der Waals surface area (Å²) in [6.07, 6.45) is 8.92. The molecule has 0 N–H and O–H groups in total. The molecular weight excluding hydrogens is 308 g/mol. The molecular formula is C23H24O2. The number of ether oxygens (including phenoxy) is 1. The number of allylic oxidation sites excluding steroid dienone is 1. The van der Waals surface area contributed by atoms with E-state index in [1.54, 1.807) is 0 Å². The predicted molar refractivity (Wildman–Crippen MR) is 99.3 cm³/mol. The van der Waals surface area contributed by atoms with Gasteiger partial charge in [-0.1, -0.05) is 72.7 Å². The zero-order valence-corrected chi connectivity index (χ0v) is 14.5. The Bertz CT molecular complexity index is 714. The minimum atomic E-state index is -0.696. The van der Waals surface area contributed by atoms with Gasteiger partial charge in [0.05, 0.1) is 0 Å². The Morgan fingerprint density at radius 1 is 0.840 bits per heavy atom. The maximum absolute atomic E-state index is 13.1. The van der Waals surface area contributed by atoms with Crippen LogP contribution in [0.5, 0.6) is 0 Å². The largest absolute Gasteiger partial charge is 0.457 e. The highest BCUT2D eigenvalue weighted by Crippen LogP contribution is 2.44. The lowest BCUT2D eigenvalue weighted by molar-refractivity contribution is -0.143. The molecule has 2 nitrogen and oxygen atoms in total. The third-order valence-corrected chi connectivity index (χ3v) is 5.56. The quantitative estimate of drug-likeness (QED) is 0.572. The Balaban J connectivity index is 1.73. The molecule has 0 aromatic heterocycles. The lowest BCUT2D eigenvalue weighted by Gasteiger charge is -2.26. The zero-order chi connectivity index (χ0) is 17.1. The average Bonchev–Trinajstić information content (AvgIpc) is 3.01. The molecule has 128 valence electrons. The monoisotopic (exact) mass is 332 g/mol. The van der Waals surface area contributed by atoms with Crippen molar-refractivity contribution in [3.05, 3.63) is 83.4 Å². The third kappa shape index (κ3) is 3.02. The lowest BCUT2D eigenvalue weighted by atomic mass is 9.72. The van der Waals surface area contributed by atoms with Crippen LogP contribution >= 0.6 is 0 Å². The van der Waals surface area contributed by atoms with E-state index in [1.807, 2.05) is 60.7 Å². The molecule has 1 heterocycles. The molecule has 2 heteroatoms. The Labute approximate surface area is 149 Å². The summed E-state index contributed by atoms with van der Waals surface area (Å²) in [5.41, 5.74) is 2.81. The summed E-state index contributed by atoms with van der Waals surface area (Å²) in [4.78, 5) is 13.1. The number of carbonyl (C=O) groups is 1. The minimum Gasteiger partial charge on any atom is -0.457 e. The Morgan fingerprint density at radius 3 is 1.96 bits per heavy atom. The second kappa shape index (κ2) is 6.87. The smallest absolute Gasteiger partial charge is 0.321 e. The zero-order valence-electron chi connectivity index (χ0n) is 14.5. The fourth-order valence-corrected chi connectivity index (χ4v) is 4.28. The molecule has 0 radical (unpaired) electrons. The van der Waals surface area contributed by atoms with E-state index >= 15 is 0 Å². The van der Waals surface area contributed by atoms with E-state index in [-0.39, 0.29) is 12.1 Å². The molecule has 0 amide bonds. The molecule has 0 bridgehead atoms. The summed E-state index contributed by atoms with van der Waals surface area (Å²) in [5.74, 6) is -0.123. The van der Waals surface area contributed by atoms with Gasteiger partial charge >= 0.3 is 5.97 Å². The highest BCUT2D eigenvalue weighted by atomic mass is 16.6. The molecule has 1 saturated carbocycles. The number of hydrogen-bond acceptors (Lipinski definition) is 2. The van der Waals surface area contributed by atoms with E-state index in [2.05, 4.69) is 6.08 Å². The molecule has 1 aliphatic heterocycles. The van der Waals surface area contributed by atoms with E-state index in [4.69, 9.17) is 4.74 Å². The fourth-order valence-electron chi connectivity index (χ4n) is 4.28. The predicted octanol–water partition coefficient (Wildman–Crippen LogP) is 5.18. The van der Waals surface area contributed by atoms with Gasteiger partial charge in [0.1, 0.15) is 11.5 Å². The molecule has 0 spiro atoms. The van der Waals surface area contributed by atoms with Crippen LogP contribution in [0.15, 0.2) is 72.3 Å². The summed E-state index contributed by atoms with van der Waals surface area (Å²) in [7, 11) is 0. The summed E-state index contributed by atoms with van der Waals surface area (Å²) in [5, 5.41) is 0. The van der Waals surface area contributed by atoms with Gasteiger partial charge < -0.3 is 4.74 Å². The molecule has 1 aliphatic carbocycles. The second-order valence-electron chi connectivity index (χ2n) is 7.17. The number of cyclic esters (lactones) is 1. The van der Waals surface area contributed by atoms with E-state index < -0.39 is 5.41 Å². The van der Waals surface area contributed by atoms with Gasteiger partial charge in [-0.15, -0.1) is 0 Å². The van der Waals surface area contributed by atoms with E-state index in [0.717, 1.165) is 24.0 Å². The first-order valence-electron chi connectivity index (χ1n) is 9.31. The van der Waals surface area contributed by atoms with Crippen LogP contribution in [0.4, 0.5) is 0 Å². The highest BCUT2D eigenvalue weighted by molar-refractivity contribution is 5.90. The van der Waals surface area contributed by atoms with Gasteiger partial charge in [-0.2, -0.15) is 0 Å². The summed E-state index contributed by atoms with van der Waals surface area (Å²) in [6, 6.07) is 20.2. The van der Waals surface area contributed by atoms with Crippen molar-refractivity contribution in [2.75, 3.05) is 0 Å². The number of hydrogen-bond donors (Lipinski definition) is 0. The van der Waals surface area contributed by atoms with Crippen LogP contribution in [0.25, 0.3) is 0 Å². The SMILES string of the molecule is O=C1OC(C=C2CCCCC2)CC1(c1ccccc1)c1ccccc1. The van der Waals surface area contributed by atoms with Crippen LogP contribution in [-0.4, -0.2) is 12.1 Å². The van der Waals surface area contributed by atoms with E-state index in [9.17, 15) is 4.79 Å². The number of benzene rings is 2. The molecule has 2 aliphatic rings. The lowest BCUT2D eigenvalue weighted by Crippen LogP contribution is -2.32. The van der Waals surface area contributed by atoms with Crippen molar-refractivity contribution in [1.29, 1.82) is 0 Å². The number of carbonyl (C=O) groups excluding carboxylic acids is 1. The van der Waals surface area contributed by atoms with Crippen LogP contribution in [0.1, 0.15) is 49.7 Å². The molecule has 2 aromatic carbocycles. The molecule has 1 saturated heterocycles. The maximum atomic E-state index is 13.1. The van der Waals surface area contributed by atoms with Gasteiger partial charge in [-0.25, -0.2) is 0 Å². The van der Waals surface area contributed by atoms with E-state index in [0.29, 0.717) is 6.42 Å². The Hall–Kier alpha value is -2.35. The summed E-state index contributed by atoms with van der Waals surface area (Å²) >= 11 is 0. The average molecular weight is 332 g/mol. The van der Waals surface area contributed by atoms with Gasteiger partial charge in [0.15, 0.2) is 0 Å². The first kappa shape index (κ1) is 16.1. The molecule has 4 rings (SSSR count). The van der Waals surface area contributed by atoms with Crippen molar-refractivity contribution in [1.82, 2.24) is 0 Å². The molecule has 1 atom stereocenters. The summed E-state index contributed by atoms with van der Waals surface area (Å²) < 4.78 is 5.87. The number of esters is 1. The molecule has 2 fully saturated rings. The van der Waals surface area contributed by atoms with Crippen LogP contribution in [0.2, 0.25) is 0 Å². The normalized spacial score (nSPS) is 22.5. The first-order valence-corrected chi connectivity index (χ1v) is 9.31. The van der Waals surface area contributed by atoms with Crippen LogP contribution in [-0.2, 0) is 14.9 Å². The van der Waals surface area contributed by atoms with E-state index in [1.165, 1.54) is 24.8 Å². The van der Waals surface area contributed by atoms with Gasteiger partial charge in [0.2, 0.25) is 0 Å². The van der Waals surface area contributed by atoms with Crippen LogP contribution < -0.4 is 0 Å². The minimum absolute atomic E-state index is 0.123. The third-order valence-electron chi connectivity index (χ3n) is 5.56. The maximum Gasteiger partial charge on any atom is 0.321 e. The van der Waals surface area contributed by atoms with Gasteiger partial charge in [-0.05, 0) is 42.9 Å². The van der Waals surface area contributed by atoms with Crippen molar-refractivity contribution in [2.24, 2.45) is 0 Å². The second-order valence-corrected chi connectivity index (χ2v) is 7.17. The van der Waals surface area contributed by atoms with Crippen LogP contribution in [0, 0.1) is 0 Å².